The van der Waals surface area contributed by atoms with Gasteiger partial charge in [-0.25, -0.2) is 0 Å². The van der Waals surface area contributed by atoms with Crippen LogP contribution < -0.4 is 5.32 Å². The Bertz CT molecular complexity index is 1300. The molecule has 0 aromatic heterocycles. The predicted molar refractivity (Wildman–Crippen MR) is 155 cm³/mol. The van der Waals surface area contributed by atoms with Crippen LogP contribution in [0.5, 0.6) is 0 Å². The van der Waals surface area contributed by atoms with E-state index < -0.39 is 28.9 Å². The third kappa shape index (κ3) is 5.49. The molecule has 2 aliphatic rings. The van der Waals surface area contributed by atoms with Crippen LogP contribution in [0.1, 0.15) is 61.6 Å². The van der Waals surface area contributed by atoms with Crippen molar-refractivity contribution in [1.82, 2.24) is 10.2 Å². The predicted octanol–water partition coefficient (Wildman–Crippen LogP) is 5.15. The smallest absolute Gasteiger partial charge is 0.267 e. The molecule has 6 nitrogen and oxygen atoms in total. The number of imide groups is 1. The second kappa shape index (κ2) is 12.0. The number of halogens is 1. The monoisotopic (exact) mass is 558 g/mol. The van der Waals surface area contributed by atoms with Gasteiger partial charge in [0, 0.05) is 5.02 Å². The Balaban J connectivity index is 1.35. The summed E-state index contributed by atoms with van der Waals surface area (Å²) in [4.78, 5) is 43.0. The Hall–Kier alpha value is -3.32. The summed E-state index contributed by atoms with van der Waals surface area (Å²) < 4.78 is 0. The number of rotatable bonds is 8. The highest BCUT2D eigenvalue weighted by Gasteiger charge is 2.45. The van der Waals surface area contributed by atoms with Crippen molar-refractivity contribution in [1.29, 1.82) is 0 Å². The Morgan fingerprint density at radius 2 is 1.43 bits per heavy atom. The van der Waals surface area contributed by atoms with Crippen LogP contribution in [-0.4, -0.2) is 46.7 Å². The van der Waals surface area contributed by atoms with Gasteiger partial charge in [-0.05, 0) is 61.1 Å². The lowest BCUT2D eigenvalue weighted by Crippen LogP contribution is -2.54. The summed E-state index contributed by atoms with van der Waals surface area (Å²) in [5, 5.41) is 14.9. The normalized spacial score (nSPS) is 19.2. The molecule has 0 bridgehead atoms. The highest BCUT2D eigenvalue weighted by atomic mass is 35.5. The average molecular weight is 559 g/mol. The number of carbonyl (C=O) groups excluding carboxylic acids is 3. The topological polar surface area (TPSA) is 86.7 Å². The Morgan fingerprint density at radius 3 is 2.00 bits per heavy atom. The van der Waals surface area contributed by atoms with Crippen LogP contribution in [0.15, 0.2) is 84.9 Å². The van der Waals surface area contributed by atoms with E-state index in [1.165, 1.54) is 0 Å². The van der Waals surface area contributed by atoms with Crippen LogP contribution in [0.25, 0.3) is 0 Å². The summed E-state index contributed by atoms with van der Waals surface area (Å²) in [6.45, 7) is 0.729. The molecule has 1 aliphatic heterocycles. The third-order valence-corrected chi connectivity index (χ3v) is 8.85. The van der Waals surface area contributed by atoms with E-state index in [9.17, 15) is 19.5 Å². The van der Waals surface area contributed by atoms with Gasteiger partial charge >= 0.3 is 0 Å². The highest BCUT2D eigenvalue weighted by Crippen LogP contribution is 2.41. The lowest BCUT2D eigenvalue weighted by Gasteiger charge is -2.38. The first-order valence-corrected chi connectivity index (χ1v) is 14.4. The number of nitrogens with one attached hydrogen (secondary N) is 1. The van der Waals surface area contributed by atoms with E-state index >= 15 is 0 Å². The van der Waals surface area contributed by atoms with Gasteiger partial charge in [-0.3, -0.25) is 24.6 Å². The molecule has 1 heterocycles. The first kappa shape index (κ1) is 28.2. The maximum atomic E-state index is 14.0. The molecule has 1 atom stereocenters. The second-order valence-electron chi connectivity index (χ2n) is 11.0. The first-order valence-electron chi connectivity index (χ1n) is 14.1. The van der Waals surface area contributed by atoms with Gasteiger partial charge in [-0.1, -0.05) is 104 Å². The molecule has 5 rings (SSSR count). The van der Waals surface area contributed by atoms with Gasteiger partial charge in [0.05, 0.1) is 18.0 Å². The summed E-state index contributed by atoms with van der Waals surface area (Å²) in [5.74, 6) is -1.20. The molecule has 1 saturated heterocycles. The van der Waals surface area contributed by atoms with E-state index in [0.29, 0.717) is 29.1 Å². The molecule has 2 fully saturated rings. The Kier molecular flexibility index (Phi) is 8.50. The summed E-state index contributed by atoms with van der Waals surface area (Å²) in [6.07, 6.45) is 5.89. The van der Waals surface area contributed by atoms with E-state index in [1.54, 1.807) is 60.7 Å². The quantitative estimate of drug-likeness (QED) is 0.399. The van der Waals surface area contributed by atoms with Crippen molar-refractivity contribution in [3.8, 4) is 0 Å². The summed E-state index contributed by atoms with van der Waals surface area (Å²) in [7, 11) is 0. The van der Waals surface area contributed by atoms with Gasteiger partial charge < -0.3 is 5.11 Å². The number of benzene rings is 3. The number of carbonyl (C=O) groups is 3. The van der Waals surface area contributed by atoms with Gasteiger partial charge in [0.1, 0.15) is 0 Å². The molecule has 0 radical (unpaired) electrons. The van der Waals surface area contributed by atoms with Crippen molar-refractivity contribution in [2.24, 2.45) is 0 Å². The SMILES string of the molecule is O=C(NC(=O)C(O)(c1ccccc1)c1ccccc1)[C@@H]1CCCN1CC(=O)C1(c2ccc(Cl)cc2)CCCCC1. The fourth-order valence-electron chi connectivity index (χ4n) is 6.37. The third-order valence-electron chi connectivity index (χ3n) is 8.60. The van der Waals surface area contributed by atoms with Crippen molar-refractivity contribution in [2.45, 2.75) is 62.0 Å². The average Bonchev–Trinajstić information content (AvgIpc) is 3.46. The number of aliphatic hydroxyl groups is 1. The number of likely N-dealkylation sites (tertiary alicyclic amines) is 1. The number of hydrogen-bond donors (Lipinski definition) is 2. The van der Waals surface area contributed by atoms with Crippen LogP contribution in [-0.2, 0) is 25.4 Å². The Labute approximate surface area is 240 Å². The van der Waals surface area contributed by atoms with Gasteiger partial charge in [0.25, 0.3) is 5.91 Å². The number of hydrogen-bond acceptors (Lipinski definition) is 5. The van der Waals surface area contributed by atoms with Crippen LogP contribution in [0, 0.1) is 0 Å². The molecule has 0 spiro atoms. The van der Waals surface area contributed by atoms with Crippen molar-refractivity contribution < 1.29 is 19.5 Å². The fourth-order valence-corrected chi connectivity index (χ4v) is 6.50. The summed E-state index contributed by atoms with van der Waals surface area (Å²) >= 11 is 6.14. The maximum absolute atomic E-state index is 14.0. The van der Waals surface area contributed by atoms with Crippen molar-refractivity contribution >= 4 is 29.2 Å². The highest BCUT2D eigenvalue weighted by molar-refractivity contribution is 6.30. The lowest BCUT2D eigenvalue weighted by atomic mass is 9.66. The maximum Gasteiger partial charge on any atom is 0.267 e. The number of Topliss-reactive ketones (excluding diaryl/α,β-unsaturated/α-hetero) is 1. The standard InChI is InChI=1S/C33H35ClN2O4/c34-27-18-16-24(17-19-27)32(20-8-3-9-21-32)29(37)23-36-22-10-15-28(36)30(38)35-31(39)33(40,25-11-4-1-5-12-25)26-13-6-2-7-14-26/h1-2,4-7,11-14,16-19,28,40H,3,8-10,15,20-23H2,(H,35,38,39)/t28-/m0/s1. The van der Waals surface area contributed by atoms with Crippen molar-refractivity contribution in [3.05, 3.63) is 107 Å². The van der Waals surface area contributed by atoms with Gasteiger partial charge in [0.15, 0.2) is 11.4 Å². The van der Waals surface area contributed by atoms with Crippen LogP contribution in [0.3, 0.4) is 0 Å². The molecule has 7 heteroatoms. The van der Waals surface area contributed by atoms with Crippen LogP contribution in [0.4, 0.5) is 0 Å². The van der Waals surface area contributed by atoms with E-state index in [1.807, 2.05) is 29.2 Å². The van der Waals surface area contributed by atoms with Gasteiger partial charge in [0.2, 0.25) is 5.91 Å². The summed E-state index contributed by atoms with van der Waals surface area (Å²) in [5.41, 5.74) is -0.923. The zero-order chi connectivity index (χ0) is 28.2. The van der Waals surface area contributed by atoms with E-state index in [-0.39, 0.29) is 12.3 Å². The fraction of sp³-hybridized carbons (Fsp3) is 0.364. The molecule has 2 amide bonds. The van der Waals surface area contributed by atoms with E-state index in [0.717, 1.165) is 44.1 Å². The van der Waals surface area contributed by atoms with Gasteiger partial charge in [-0.15, -0.1) is 0 Å². The van der Waals surface area contributed by atoms with Crippen molar-refractivity contribution in [2.75, 3.05) is 13.1 Å². The number of nitrogens with zero attached hydrogens (tertiary/aromatic N) is 1. The minimum absolute atomic E-state index is 0.102. The van der Waals surface area contributed by atoms with Crippen LogP contribution in [0.2, 0.25) is 5.02 Å². The first-order chi connectivity index (χ1) is 19.3. The largest absolute Gasteiger partial charge is 0.372 e. The Morgan fingerprint density at radius 1 is 0.850 bits per heavy atom. The van der Waals surface area contributed by atoms with Crippen molar-refractivity contribution in [3.63, 3.8) is 0 Å². The minimum Gasteiger partial charge on any atom is -0.372 e. The molecule has 0 unspecified atom stereocenters. The minimum atomic E-state index is -2.04. The second-order valence-corrected chi connectivity index (χ2v) is 11.4. The molecule has 3 aromatic carbocycles. The molecule has 3 aromatic rings. The number of amides is 2. The zero-order valence-corrected chi connectivity index (χ0v) is 23.3. The van der Waals surface area contributed by atoms with E-state index in [2.05, 4.69) is 5.32 Å². The summed E-state index contributed by atoms with van der Waals surface area (Å²) in [6, 6.07) is 24.2. The molecule has 1 aliphatic carbocycles. The van der Waals surface area contributed by atoms with E-state index in [4.69, 9.17) is 11.6 Å². The number of ketones is 1. The zero-order valence-electron chi connectivity index (χ0n) is 22.5. The molecule has 40 heavy (non-hydrogen) atoms. The van der Waals surface area contributed by atoms with Gasteiger partial charge in [-0.2, -0.15) is 0 Å². The molecule has 2 N–H and O–H groups in total. The molecular formula is C33H35ClN2O4. The molecule has 208 valence electrons. The van der Waals surface area contributed by atoms with Crippen LogP contribution >= 0.6 is 11.6 Å². The lowest BCUT2D eigenvalue weighted by molar-refractivity contribution is -0.143. The molecule has 1 saturated carbocycles. The molecular weight excluding hydrogens is 524 g/mol.